The normalized spacial score (nSPS) is 10.4. The number of hydrogen-bond acceptors (Lipinski definition) is 7. The Kier molecular flexibility index (Phi) is 6.48. The van der Waals surface area contributed by atoms with Crippen molar-refractivity contribution in [2.75, 3.05) is 10.8 Å². The molecule has 1 rings (SSSR count). The number of carbonyl (C=O) groups excluding carboxylic acids is 1. The minimum absolute atomic E-state index is 0.0418. The number of hydrogen-bond donors (Lipinski definition) is 0. The number of carbonyl (C=O) groups is 1. The third-order valence-corrected chi connectivity index (χ3v) is 5.60. The summed E-state index contributed by atoms with van der Waals surface area (Å²) in [6.07, 6.45) is 0. The highest BCUT2D eigenvalue weighted by atomic mass is 32.2. The van der Waals surface area contributed by atoms with Gasteiger partial charge in [0.1, 0.15) is 0 Å². The lowest BCUT2D eigenvalue weighted by Gasteiger charge is -1.96. The Morgan fingerprint density at radius 3 is 2.56 bits per heavy atom. The van der Waals surface area contributed by atoms with Crippen molar-refractivity contribution in [1.29, 1.82) is 0 Å². The summed E-state index contributed by atoms with van der Waals surface area (Å²) in [5, 5.41) is 8.78. The monoisotopic (exact) mass is 292 g/mol. The predicted octanol–water partition coefficient (Wildman–Crippen LogP) is 3.54. The van der Waals surface area contributed by atoms with E-state index in [0.29, 0.717) is 10.7 Å². The van der Waals surface area contributed by atoms with Crippen LogP contribution in [0.25, 0.3) is 0 Å². The van der Waals surface area contributed by atoms with E-state index in [2.05, 4.69) is 23.7 Å². The van der Waals surface area contributed by atoms with Crippen LogP contribution < -0.4 is 0 Å². The zero-order valence-electron chi connectivity index (χ0n) is 9.06. The number of rotatable bonds is 6. The fourth-order valence-corrected chi connectivity index (χ4v) is 4.65. The molecule has 88 valence electrons. The van der Waals surface area contributed by atoms with Gasteiger partial charge in [-0.15, -0.1) is 10.2 Å². The van der Waals surface area contributed by atoms with Gasteiger partial charge in [-0.25, -0.2) is 0 Å². The molecule has 0 spiro atoms. The molecule has 7 heteroatoms. The van der Waals surface area contributed by atoms with Crippen LogP contribution in [0.15, 0.2) is 20.8 Å². The summed E-state index contributed by atoms with van der Waals surface area (Å²) in [5.74, 6) is 1.00. The molecule has 0 aromatic carbocycles. The fraction of sp³-hybridized carbons (Fsp3) is 0.444. The van der Waals surface area contributed by atoms with Crippen LogP contribution in [0.3, 0.4) is 0 Å². The Labute approximate surface area is 112 Å². The van der Waals surface area contributed by atoms with Crippen LogP contribution >= 0.6 is 46.6 Å². The highest BCUT2D eigenvalue weighted by Gasteiger charge is 2.07. The molecule has 1 aromatic heterocycles. The molecule has 0 aliphatic carbocycles. The molecule has 0 radical (unpaired) electrons. The maximum absolute atomic E-state index is 11.3. The molecule has 16 heavy (non-hydrogen) atoms. The molecular weight excluding hydrogens is 280 g/mol. The van der Waals surface area contributed by atoms with E-state index in [1.165, 1.54) is 11.8 Å². The molecule has 0 fully saturated rings. The lowest BCUT2D eigenvalue weighted by atomic mass is 10.4. The van der Waals surface area contributed by atoms with Gasteiger partial charge in [0, 0.05) is 0 Å². The maximum Gasteiger partial charge on any atom is 0.215 e. The minimum Gasteiger partial charge on any atom is -0.282 e. The first-order valence-corrected chi connectivity index (χ1v) is 8.32. The van der Waals surface area contributed by atoms with E-state index >= 15 is 0 Å². The van der Waals surface area contributed by atoms with E-state index < -0.39 is 0 Å². The molecule has 1 heterocycles. The van der Waals surface area contributed by atoms with Crippen LogP contribution in [0.2, 0.25) is 0 Å². The van der Waals surface area contributed by atoms with Gasteiger partial charge in [0.2, 0.25) is 5.12 Å². The third-order valence-electron chi connectivity index (χ3n) is 1.38. The van der Waals surface area contributed by atoms with E-state index in [1.807, 2.05) is 0 Å². The lowest BCUT2D eigenvalue weighted by molar-refractivity contribution is -0.107. The second kappa shape index (κ2) is 7.37. The molecule has 0 N–H and O–H groups in total. The van der Waals surface area contributed by atoms with Gasteiger partial charge in [-0.2, -0.15) is 0 Å². The van der Waals surface area contributed by atoms with E-state index in [1.54, 1.807) is 41.8 Å². The van der Waals surface area contributed by atoms with Crippen molar-refractivity contribution in [2.24, 2.45) is 0 Å². The molecule has 0 saturated heterocycles. The molecule has 0 saturated carbocycles. The highest BCUT2D eigenvalue weighted by Crippen LogP contribution is 2.30. The largest absolute Gasteiger partial charge is 0.282 e. The summed E-state index contributed by atoms with van der Waals surface area (Å²) in [4.78, 5) is 11.3. The SMILES string of the molecule is C=C(C)C(=O)SCSc1nnc(SCC)s1. The van der Waals surface area contributed by atoms with E-state index in [4.69, 9.17) is 0 Å². The van der Waals surface area contributed by atoms with Crippen LogP contribution in [0.1, 0.15) is 13.8 Å². The Bertz CT molecular complexity index is 377. The van der Waals surface area contributed by atoms with Crippen LogP contribution in [-0.2, 0) is 4.79 Å². The first-order valence-electron chi connectivity index (χ1n) is 4.55. The van der Waals surface area contributed by atoms with Gasteiger partial charge in [0.05, 0.1) is 5.08 Å². The van der Waals surface area contributed by atoms with Crippen LogP contribution in [0, 0.1) is 0 Å². The van der Waals surface area contributed by atoms with Crippen molar-refractivity contribution in [2.45, 2.75) is 22.5 Å². The molecule has 3 nitrogen and oxygen atoms in total. The zero-order valence-corrected chi connectivity index (χ0v) is 12.3. The van der Waals surface area contributed by atoms with Gasteiger partial charge in [0.25, 0.3) is 0 Å². The highest BCUT2D eigenvalue weighted by molar-refractivity contribution is 8.24. The summed E-state index contributed by atoms with van der Waals surface area (Å²) >= 11 is 6.06. The molecule has 0 aliphatic heterocycles. The summed E-state index contributed by atoms with van der Waals surface area (Å²) in [7, 11) is 0. The van der Waals surface area contributed by atoms with Crippen LogP contribution in [0.5, 0.6) is 0 Å². The predicted molar refractivity (Wildman–Crippen MR) is 74.4 cm³/mol. The fourth-order valence-electron chi connectivity index (χ4n) is 0.694. The Morgan fingerprint density at radius 1 is 1.38 bits per heavy atom. The van der Waals surface area contributed by atoms with Gasteiger partial charge in [-0.3, -0.25) is 4.79 Å². The molecule has 1 aromatic rings. The van der Waals surface area contributed by atoms with Crippen molar-refractivity contribution < 1.29 is 4.79 Å². The van der Waals surface area contributed by atoms with Crippen molar-refractivity contribution >= 4 is 51.7 Å². The average Bonchev–Trinajstić information content (AvgIpc) is 2.66. The molecule has 0 bridgehead atoms. The molecular formula is C9H12N2OS4. The van der Waals surface area contributed by atoms with Crippen LogP contribution in [0.4, 0.5) is 0 Å². The van der Waals surface area contributed by atoms with Gasteiger partial charge in [-0.1, -0.05) is 60.1 Å². The maximum atomic E-state index is 11.3. The minimum atomic E-state index is 0.0418. The van der Waals surface area contributed by atoms with Gasteiger partial charge in [0.15, 0.2) is 8.68 Å². The summed E-state index contributed by atoms with van der Waals surface area (Å²) in [5.41, 5.74) is 0.588. The summed E-state index contributed by atoms with van der Waals surface area (Å²) < 4.78 is 1.90. The van der Waals surface area contributed by atoms with E-state index in [9.17, 15) is 4.79 Å². The smallest absolute Gasteiger partial charge is 0.215 e. The number of aromatic nitrogens is 2. The van der Waals surface area contributed by atoms with E-state index in [0.717, 1.165) is 14.4 Å². The van der Waals surface area contributed by atoms with Gasteiger partial charge in [-0.05, 0) is 18.2 Å². The first-order chi connectivity index (χ1) is 7.63. The van der Waals surface area contributed by atoms with Crippen molar-refractivity contribution in [1.82, 2.24) is 10.2 Å². The van der Waals surface area contributed by atoms with Crippen molar-refractivity contribution in [3.05, 3.63) is 12.2 Å². The van der Waals surface area contributed by atoms with Crippen LogP contribution in [-0.4, -0.2) is 26.2 Å². The van der Waals surface area contributed by atoms with Gasteiger partial charge < -0.3 is 0 Å². The summed E-state index contributed by atoms with van der Waals surface area (Å²) in [6, 6.07) is 0. The zero-order chi connectivity index (χ0) is 12.0. The first kappa shape index (κ1) is 14.1. The topological polar surface area (TPSA) is 42.9 Å². The second-order valence-electron chi connectivity index (χ2n) is 2.74. The Balaban J connectivity index is 2.31. The summed E-state index contributed by atoms with van der Waals surface area (Å²) in [6.45, 7) is 7.41. The van der Waals surface area contributed by atoms with Crippen molar-refractivity contribution in [3.8, 4) is 0 Å². The third kappa shape index (κ3) is 4.90. The average molecular weight is 292 g/mol. The Morgan fingerprint density at radius 2 is 2.00 bits per heavy atom. The quantitative estimate of drug-likeness (QED) is 0.454. The molecule has 0 amide bonds. The number of thioether (sulfide) groups is 3. The molecule has 0 atom stereocenters. The van der Waals surface area contributed by atoms with E-state index in [-0.39, 0.29) is 5.12 Å². The standard InChI is InChI=1S/C9H12N2OS4/c1-4-13-8-10-11-9(16-8)15-5-14-7(12)6(2)3/h2,4-5H2,1,3H3. The number of nitrogens with zero attached hydrogens (tertiary/aromatic N) is 2. The van der Waals surface area contributed by atoms with Gasteiger partial charge >= 0.3 is 0 Å². The lowest BCUT2D eigenvalue weighted by Crippen LogP contribution is -1.91. The van der Waals surface area contributed by atoms with Crippen molar-refractivity contribution in [3.63, 3.8) is 0 Å². The Hall–Kier alpha value is 0.0200. The second-order valence-corrected chi connectivity index (χ2v) is 7.77. The molecule has 0 unspecified atom stereocenters. The molecule has 0 aliphatic rings.